The van der Waals surface area contributed by atoms with E-state index in [2.05, 4.69) is 52.8 Å². The number of nitrogens with two attached hydrogens (primary N) is 1. The van der Waals surface area contributed by atoms with E-state index in [1.807, 2.05) is 6.92 Å². The molecule has 0 radical (unpaired) electrons. The average molecular weight is 1840 g/mol. The Hall–Kier alpha value is -13.3. The van der Waals surface area contributed by atoms with Gasteiger partial charge >= 0.3 is 5.97 Å². The van der Waals surface area contributed by atoms with Crippen LogP contribution in [0, 0.1) is 11.8 Å². The van der Waals surface area contributed by atoms with E-state index in [1.165, 1.54) is 103 Å². The van der Waals surface area contributed by atoms with Crippen molar-refractivity contribution in [2.45, 2.75) is 178 Å². The van der Waals surface area contributed by atoms with Crippen molar-refractivity contribution in [2.24, 2.45) is 17.6 Å². The number of aromatic hydroxyl groups is 2. The number of nitrogens with zero attached hydrogens (tertiary/aromatic N) is 5. The highest BCUT2D eigenvalue weighted by atomic mass is 32.2. The van der Waals surface area contributed by atoms with Gasteiger partial charge in [0, 0.05) is 95.3 Å². The molecule has 0 aliphatic carbocycles. The number of hydrogen-bond donors (Lipinski definition) is 14. The molecule has 1 aromatic heterocycles. The number of para-hydroxylation sites is 1. The molecule has 2 fully saturated rings. The van der Waals surface area contributed by atoms with Crippen LogP contribution in [-0.2, 0) is 115 Å². The van der Waals surface area contributed by atoms with Crippen LogP contribution < -0.4 is 53.6 Å². The third-order valence-electron chi connectivity index (χ3n) is 22.8. The molecule has 2 aliphatic rings. The zero-order valence-electron chi connectivity index (χ0n) is 74.8. The van der Waals surface area contributed by atoms with Gasteiger partial charge in [0.2, 0.25) is 88.6 Å². The summed E-state index contributed by atoms with van der Waals surface area (Å²) in [6.45, 7) is 7.00. The molecule has 700 valence electrons. The lowest BCUT2D eigenvalue weighted by atomic mass is 9.98. The summed E-state index contributed by atoms with van der Waals surface area (Å²) in [7, 11) is 5.30. The van der Waals surface area contributed by atoms with Crippen molar-refractivity contribution < 1.29 is 92.0 Å². The summed E-state index contributed by atoms with van der Waals surface area (Å²) in [5, 5.41) is 56.1. The molecule has 15 amide bonds. The zero-order chi connectivity index (χ0) is 95.3. The highest BCUT2D eigenvalue weighted by Gasteiger charge is 2.45. The maximum atomic E-state index is 15.7. The van der Waals surface area contributed by atoms with Crippen LogP contribution in [0.2, 0.25) is 0 Å². The number of aliphatic carboxylic acids is 1. The number of primary amides is 1. The molecule has 2 saturated heterocycles. The predicted octanol–water partition coefficient (Wildman–Crippen LogP) is 2.77. The number of phenols is 2. The fourth-order valence-electron chi connectivity index (χ4n) is 15.5. The van der Waals surface area contributed by atoms with Gasteiger partial charge in [-0.15, -0.1) is 23.5 Å². The topological polar surface area (TPSA) is 500 Å². The molecule has 0 unspecified atom stereocenters. The van der Waals surface area contributed by atoms with Crippen molar-refractivity contribution in [3.05, 3.63) is 203 Å². The normalized spacial score (nSPS) is 22.7. The summed E-state index contributed by atoms with van der Waals surface area (Å²) < 4.78 is 0. The second kappa shape index (κ2) is 48.9. The number of aromatic amines is 1. The number of benzene rings is 6. The van der Waals surface area contributed by atoms with Crippen molar-refractivity contribution in [2.75, 3.05) is 64.4 Å². The minimum atomic E-state index is -1.91. The Morgan fingerprint density at radius 2 is 0.954 bits per heavy atom. The van der Waals surface area contributed by atoms with E-state index >= 15 is 47.9 Å². The van der Waals surface area contributed by atoms with Crippen LogP contribution in [0.1, 0.15) is 100 Å². The number of hydrogen-bond acceptors (Lipinski definition) is 20. The molecule has 0 saturated carbocycles. The summed E-state index contributed by atoms with van der Waals surface area (Å²) in [6.07, 6.45) is 0.158. The van der Waals surface area contributed by atoms with Crippen molar-refractivity contribution >= 4 is 129 Å². The Bertz CT molecular complexity index is 5170. The number of nitrogens with one attached hydrogen (secondary N) is 10. The van der Waals surface area contributed by atoms with Gasteiger partial charge in [0.25, 0.3) is 0 Å². The maximum Gasteiger partial charge on any atom is 0.305 e. The lowest BCUT2D eigenvalue weighted by Gasteiger charge is -2.37. The lowest BCUT2D eigenvalue weighted by Crippen LogP contribution is -2.62. The number of carbonyl (C=O) groups is 16. The smallest absolute Gasteiger partial charge is 0.305 e. The van der Waals surface area contributed by atoms with E-state index in [0.717, 1.165) is 21.6 Å². The van der Waals surface area contributed by atoms with E-state index in [4.69, 9.17) is 5.73 Å². The fraction of sp³-hybridized carbons (Fsp3) is 0.426. The molecule has 131 heavy (non-hydrogen) atoms. The molecule has 3 heterocycles. The van der Waals surface area contributed by atoms with Crippen LogP contribution in [0.25, 0.3) is 10.9 Å². The van der Waals surface area contributed by atoms with Crippen LogP contribution >= 0.6 is 23.5 Å². The monoisotopic (exact) mass is 1840 g/mol. The van der Waals surface area contributed by atoms with Crippen molar-refractivity contribution in [3.8, 4) is 11.5 Å². The number of unbranched alkanes of at least 4 members (excludes halogenated alkanes) is 1. The molecular weight excluding hydrogens is 1720 g/mol. The molecule has 7 aromatic rings. The van der Waals surface area contributed by atoms with Crippen LogP contribution in [0.15, 0.2) is 170 Å². The number of carboxylic acids is 1. The molecule has 0 bridgehead atoms. The second-order valence-electron chi connectivity index (χ2n) is 33.6. The predicted molar refractivity (Wildman–Crippen MR) is 492 cm³/mol. The summed E-state index contributed by atoms with van der Waals surface area (Å²) in [4.78, 5) is 246. The molecule has 0 spiro atoms. The molecule has 35 nitrogen and oxygen atoms in total. The first-order chi connectivity index (χ1) is 62.5. The Morgan fingerprint density at radius 1 is 0.473 bits per heavy atom. The summed E-state index contributed by atoms with van der Waals surface area (Å²) in [6, 6.07) is 26.1. The van der Waals surface area contributed by atoms with Crippen LogP contribution in [0.5, 0.6) is 11.5 Å². The highest BCUT2D eigenvalue weighted by Crippen LogP contribution is 2.28. The third-order valence-corrected chi connectivity index (χ3v) is 24.8. The molecule has 37 heteroatoms. The molecular formula is C94H118N16O19S2. The van der Waals surface area contributed by atoms with E-state index in [-0.39, 0.29) is 86.2 Å². The molecule has 2 aliphatic heterocycles. The molecule has 12 atom stereocenters. The number of carbonyl (C=O) groups excluding carboxylic acids is 15. The molecule has 9 rings (SSSR count). The van der Waals surface area contributed by atoms with Gasteiger partial charge in [-0.05, 0) is 88.4 Å². The minimum absolute atomic E-state index is 0.0308. The summed E-state index contributed by atoms with van der Waals surface area (Å²) in [5.74, 6) is -17.4. The van der Waals surface area contributed by atoms with Crippen molar-refractivity contribution in [3.63, 3.8) is 0 Å². The van der Waals surface area contributed by atoms with Crippen molar-refractivity contribution in [1.82, 2.24) is 77.3 Å². The quantitative estimate of drug-likeness (QED) is 0.0438. The number of amides is 15. The summed E-state index contributed by atoms with van der Waals surface area (Å²) >= 11 is 2.01. The fourth-order valence-corrected chi connectivity index (χ4v) is 17.5. The number of carboxylic acid groups (broad SMARTS) is 1. The van der Waals surface area contributed by atoms with Gasteiger partial charge < -0.3 is 98.4 Å². The number of likely N-dealkylation sites (N-methyl/N-ethyl adjacent to an activating group) is 4. The van der Waals surface area contributed by atoms with Gasteiger partial charge in [0.15, 0.2) is 0 Å². The number of H-pyrrole nitrogens is 1. The van der Waals surface area contributed by atoms with Gasteiger partial charge in [0.05, 0.1) is 31.1 Å². The first kappa shape index (κ1) is 101. The zero-order valence-corrected chi connectivity index (χ0v) is 76.4. The Balaban J connectivity index is 1.12. The number of thioether (sulfide) groups is 2. The Kier molecular flexibility index (Phi) is 37.9. The van der Waals surface area contributed by atoms with Gasteiger partial charge in [-0.3, -0.25) is 76.7 Å². The standard InChI is InChI=1S/C94H118N16O19S2/c1-10-11-31-74-92(127)106(6)50-79(114)98-70(47-81(116)117)87(122)105-82(56(4)5)94(129)108(8)75(44-58-25-17-13-18-26-58)88(123)103-72(43-61-34-38-64(112)39-35-61)91(126)110-54-131-52-77(110)89(124)102-69(46-62-48-96-66-30-22-21-29-65(62)66)86(121)101-68(41-60-32-36-63(111)37-33-60)85(120)100-67(40-55(2)3)84(119)104-73(83(118)97-49-78(95)113)51-130-53-80(115)99-71(42-57-23-15-12-16-24-57)90(125)109(9)76(93(128)107(74)7)45-59-27-19-14-20-28-59/h12-30,32-39,48,55-56,67-77,82,96,111-112H,10-11,31,40-47,49-54H2,1-9H3,(H2,95,113)(H,97,118)(H,98,114)(H,99,115)(H,100,120)(H,101,121)(H,102,124)(H,103,123)(H,104,119)(H,105,122)(H,116,117)/t67-,68-,69-,70-,71-,72-,73-,74-,75-,76-,77+,82-/m0/s1. The van der Waals surface area contributed by atoms with Crippen molar-refractivity contribution in [1.29, 1.82) is 0 Å². The van der Waals surface area contributed by atoms with Crippen LogP contribution in [0.4, 0.5) is 0 Å². The third kappa shape index (κ3) is 29.6. The number of fused-ring (bicyclic) bond motifs is 2. The Labute approximate surface area is 768 Å². The van der Waals surface area contributed by atoms with E-state index in [0.29, 0.717) is 57.1 Å². The highest BCUT2D eigenvalue weighted by molar-refractivity contribution is 8.00. The minimum Gasteiger partial charge on any atom is -0.508 e. The lowest BCUT2D eigenvalue weighted by molar-refractivity contribution is -0.151. The first-order valence-electron chi connectivity index (χ1n) is 43.4. The molecule has 15 N–H and O–H groups in total. The first-order valence-corrected chi connectivity index (χ1v) is 45.7. The van der Waals surface area contributed by atoms with E-state index < -0.39 is 198 Å². The second-order valence-corrected chi connectivity index (χ2v) is 35.7. The molecule has 6 aromatic carbocycles. The average Bonchev–Trinajstić information content (AvgIpc) is 1.77. The number of phenolic OH excluding ortho intramolecular Hbond substituents is 2. The maximum absolute atomic E-state index is 15.7. The number of rotatable bonds is 23. The largest absolute Gasteiger partial charge is 0.508 e. The van der Waals surface area contributed by atoms with Gasteiger partial charge in [-0.2, -0.15) is 0 Å². The van der Waals surface area contributed by atoms with E-state index in [1.54, 1.807) is 149 Å². The summed E-state index contributed by atoms with van der Waals surface area (Å²) in [5.41, 5.74) is 9.18. The van der Waals surface area contributed by atoms with E-state index in [9.17, 15) is 44.1 Å². The van der Waals surface area contributed by atoms with Gasteiger partial charge in [-0.1, -0.05) is 181 Å². The van der Waals surface area contributed by atoms with Crippen LogP contribution in [-0.4, -0.2) is 276 Å². The Morgan fingerprint density at radius 3 is 1.52 bits per heavy atom. The number of aromatic nitrogens is 1. The SMILES string of the molecule is CCCC[C@H]1C(=O)N(C)CC(=O)N[C@@H](CC(=O)O)C(=O)N[C@@H](C(C)C)C(=O)N(C)[C@@H](Cc2ccccc2)C(=O)N[C@@H](Cc2ccc(O)cc2)C(=O)N2CSC[C@@H]2C(=O)N[C@@H](Cc2c[nH]c3ccccc23)C(=O)N[C@@H](Cc2ccc(O)cc2)C(=O)N[C@@H](CC(C)C)C(=O)N[C@H](C(=O)NCC(N)=O)CSCC(=O)N[C@@H](Cc2ccccc2)C(=O)N(C)[C@@H](Cc2ccccc2)C(=O)N1C. The van der Waals surface area contributed by atoms with Gasteiger partial charge in [-0.25, -0.2) is 0 Å². The van der Waals surface area contributed by atoms with Crippen LogP contribution in [0.3, 0.4) is 0 Å². The van der Waals surface area contributed by atoms with Gasteiger partial charge in [0.1, 0.15) is 84.0 Å².